The van der Waals surface area contributed by atoms with Crippen LogP contribution in [0.4, 0.5) is 4.39 Å². The Morgan fingerprint density at radius 1 is 1.28 bits per heavy atom. The Hall–Kier alpha value is -0.970. The number of benzene rings is 1. The molecule has 1 fully saturated rings. The van der Waals surface area contributed by atoms with Crippen LogP contribution in [0.3, 0.4) is 0 Å². The molecule has 1 aliphatic heterocycles. The summed E-state index contributed by atoms with van der Waals surface area (Å²) in [4.78, 5) is 2.30. The minimum Gasteiger partial charge on any atom is -0.394 e. The number of hydrogen-bond donors (Lipinski definition) is 2. The zero-order valence-electron chi connectivity index (χ0n) is 10.8. The number of rotatable bonds is 4. The van der Waals surface area contributed by atoms with Gasteiger partial charge in [-0.3, -0.25) is 4.90 Å². The Kier molecular flexibility index (Phi) is 4.32. The van der Waals surface area contributed by atoms with Crippen LogP contribution in [0.1, 0.15) is 18.9 Å². The Balaban J connectivity index is 2.32. The van der Waals surface area contributed by atoms with E-state index in [9.17, 15) is 9.50 Å². The van der Waals surface area contributed by atoms with Crippen molar-refractivity contribution in [2.75, 3.05) is 32.8 Å². The predicted molar refractivity (Wildman–Crippen MR) is 69.9 cm³/mol. The standard InChI is InChI=1S/C14H21FN2O/c1-2-14(11-18,17-9-7-16-8-10-17)12-3-5-13(15)6-4-12/h3-6,16,18H,2,7-11H2,1H3. The molecule has 0 amide bonds. The summed E-state index contributed by atoms with van der Waals surface area (Å²) in [5.41, 5.74) is 0.617. The third-order valence-corrected chi connectivity index (χ3v) is 3.95. The van der Waals surface area contributed by atoms with Crippen molar-refractivity contribution in [1.82, 2.24) is 10.2 Å². The number of nitrogens with zero attached hydrogens (tertiary/aromatic N) is 1. The molecule has 1 unspecified atom stereocenters. The third kappa shape index (κ3) is 2.41. The van der Waals surface area contributed by atoms with Crippen molar-refractivity contribution < 1.29 is 9.50 Å². The van der Waals surface area contributed by atoms with E-state index in [1.54, 1.807) is 12.1 Å². The molecule has 1 aliphatic rings. The van der Waals surface area contributed by atoms with Gasteiger partial charge in [0, 0.05) is 26.2 Å². The number of aliphatic hydroxyl groups excluding tert-OH is 1. The van der Waals surface area contributed by atoms with Gasteiger partial charge in [0.25, 0.3) is 0 Å². The molecular formula is C14H21FN2O. The van der Waals surface area contributed by atoms with Gasteiger partial charge in [-0.15, -0.1) is 0 Å². The Bertz CT molecular complexity index is 370. The molecule has 0 bridgehead atoms. The zero-order chi connectivity index (χ0) is 13.0. The van der Waals surface area contributed by atoms with Crippen molar-refractivity contribution in [2.45, 2.75) is 18.9 Å². The topological polar surface area (TPSA) is 35.5 Å². The van der Waals surface area contributed by atoms with Crippen LogP contribution in [0.15, 0.2) is 24.3 Å². The maximum atomic E-state index is 13.0. The lowest BCUT2D eigenvalue weighted by Gasteiger charge is -2.45. The van der Waals surface area contributed by atoms with E-state index >= 15 is 0 Å². The van der Waals surface area contributed by atoms with E-state index in [1.165, 1.54) is 12.1 Å². The van der Waals surface area contributed by atoms with E-state index < -0.39 is 0 Å². The van der Waals surface area contributed by atoms with Crippen molar-refractivity contribution in [3.8, 4) is 0 Å². The summed E-state index contributed by atoms with van der Waals surface area (Å²) < 4.78 is 13.0. The second-order valence-electron chi connectivity index (χ2n) is 4.79. The quantitative estimate of drug-likeness (QED) is 0.848. The number of piperazine rings is 1. The van der Waals surface area contributed by atoms with Gasteiger partial charge < -0.3 is 10.4 Å². The van der Waals surface area contributed by atoms with Crippen molar-refractivity contribution >= 4 is 0 Å². The molecule has 0 radical (unpaired) electrons. The smallest absolute Gasteiger partial charge is 0.123 e. The number of hydrogen-bond acceptors (Lipinski definition) is 3. The maximum Gasteiger partial charge on any atom is 0.123 e. The monoisotopic (exact) mass is 252 g/mol. The molecule has 4 heteroatoms. The molecule has 2 N–H and O–H groups in total. The molecule has 1 saturated heterocycles. The third-order valence-electron chi connectivity index (χ3n) is 3.95. The minimum atomic E-state index is -0.379. The summed E-state index contributed by atoms with van der Waals surface area (Å²) in [5, 5.41) is 13.2. The summed E-state index contributed by atoms with van der Waals surface area (Å²) >= 11 is 0. The summed E-state index contributed by atoms with van der Waals surface area (Å²) in [6.45, 7) is 5.82. The minimum absolute atomic E-state index is 0.0646. The first kappa shape index (κ1) is 13.5. The largest absolute Gasteiger partial charge is 0.394 e. The van der Waals surface area contributed by atoms with Gasteiger partial charge in [0.05, 0.1) is 12.1 Å². The Morgan fingerprint density at radius 2 is 1.89 bits per heavy atom. The lowest BCUT2D eigenvalue weighted by Crippen LogP contribution is -2.56. The van der Waals surface area contributed by atoms with Crippen molar-refractivity contribution in [3.05, 3.63) is 35.6 Å². The van der Waals surface area contributed by atoms with E-state index in [1.807, 2.05) is 0 Å². The molecule has 3 nitrogen and oxygen atoms in total. The molecule has 100 valence electrons. The van der Waals surface area contributed by atoms with E-state index in [-0.39, 0.29) is 18.0 Å². The fraction of sp³-hybridized carbons (Fsp3) is 0.571. The van der Waals surface area contributed by atoms with E-state index in [4.69, 9.17) is 0 Å². The molecule has 1 aromatic rings. The van der Waals surface area contributed by atoms with Gasteiger partial charge in [-0.2, -0.15) is 0 Å². The molecule has 18 heavy (non-hydrogen) atoms. The second-order valence-corrected chi connectivity index (χ2v) is 4.79. The lowest BCUT2D eigenvalue weighted by atomic mass is 9.85. The highest BCUT2D eigenvalue weighted by molar-refractivity contribution is 5.25. The van der Waals surface area contributed by atoms with E-state index in [2.05, 4.69) is 17.1 Å². The first-order valence-electron chi connectivity index (χ1n) is 6.55. The average molecular weight is 252 g/mol. The van der Waals surface area contributed by atoms with Crippen LogP contribution in [0.5, 0.6) is 0 Å². The van der Waals surface area contributed by atoms with Gasteiger partial charge in [0.1, 0.15) is 5.82 Å². The fourth-order valence-corrected chi connectivity index (χ4v) is 2.77. The predicted octanol–water partition coefficient (Wildman–Crippen LogP) is 1.33. The highest BCUT2D eigenvalue weighted by Crippen LogP contribution is 2.32. The van der Waals surface area contributed by atoms with Gasteiger partial charge in [-0.05, 0) is 24.1 Å². The second kappa shape index (κ2) is 5.78. The van der Waals surface area contributed by atoms with E-state index in [0.717, 1.165) is 38.2 Å². The van der Waals surface area contributed by atoms with Crippen LogP contribution in [0.2, 0.25) is 0 Å². The first-order chi connectivity index (χ1) is 8.73. The lowest BCUT2D eigenvalue weighted by molar-refractivity contribution is 0.0137. The molecule has 0 saturated carbocycles. The Labute approximate surface area is 108 Å². The van der Waals surface area contributed by atoms with Gasteiger partial charge in [0.15, 0.2) is 0 Å². The summed E-state index contributed by atoms with van der Waals surface area (Å²) in [7, 11) is 0. The highest BCUT2D eigenvalue weighted by atomic mass is 19.1. The average Bonchev–Trinajstić information content (AvgIpc) is 2.44. The molecule has 1 atom stereocenters. The van der Waals surface area contributed by atoms with Crippen LogP contribution in [-0.2, 0) is 5.54 Å². The van der Waals surface area contributed by atoms with Gasteiger partial charge in [-0.25, -0.2) is 4.39 Å². The molecular weight excluding hydrogens is 231 g/mol. The van der Waals surface area contributed by atoms with Gasteiger partial charge >= 0.3 is 0 Å². The first-order valence-corrected chi connectivity index (χ1v) is 6.55. The molecule has 0 spiro atoms. The summed E-state index contributed by atoms with van der Waals surface area (Å²) in [6.07, 6.45) is 0.815. The van der Waals surface area contributed by atoms with Gasteiger partial charge in [0.2, 0.25) is 0 Å². The van der Waals surface area contributed by atoms with Crippen LogP contribution >= 0.6 is 0 Å². The molecule has 0 aromatic heterocycles. The van der Waals surface area contributed by atoms with Crippen molar-refractivity contribution in [2.24, 2.45) is 0 Å². The highest BCUT2D eigenvalue weighted by Gasteiger charge is 2.36. The fourth-order valence-electron chi connectivity index (χ4n) is 2.77. The van der Waals surface area contributed by atoms with Crippen LogP contribution in [0, 0.1) is 5.82 Å². The van der Waals surface area contributed by atoms with Crippen LogP contribution in [0.25, 0.3) is 0 Å². The molecule has 2 rings (SSSR count). The van der Waals surface area contributed by atoms with Crippen molar-refractivity contribution in [3.63, 3.8) is 0 Å². The Morgan fingerprint density at radius 3 is 2.39 bits per heavy atom. The van der Waals surface area contributed by atoms with Crippen molar-refractivity contribution in [1.29, 1.82) is 0 Å². The van der Waals surface area contributed by atoms with E-state index in [0.29, 0.717) is 0 Å². The van der Waals surface area contributed by atoms with Crippen LogP contribution in [-0.4, -0.2) is 42.8 Å². The molecule has 1 aromatic carbocycles. The number of halogens is 1. The van der Waals surface area contributed by atoms with Gasteiger partial charge in [-0.1, -0.05) is 19.1 Å². The SMILES string of the molecule is CCC(CO)(c1ccc(F)cc1)N1CCNCC1. The number of nitrogens with one attached hydrogen (secondary N) is 1. The molecule has 0 aliphatic carbocycles. The van der Waals surface area contributed by atoms with Crippen LogP contribution < -0.4 is 5.32 Å². The summed E-state index contributed by atoms with van der Waals surface area (Å²) in [6, 6.07) is 6.52. The molecule has 1 heterocycles. The zero-order valence-corrected chi connectivity index (χ0v) is 10.8. The maximum absolute atomic E-state index is 13.0. The summed E-state index contributed by atoms with van der Waals surface area (Å²) in [5.74, 6) is -0.234. The number of aliphatic hydroxyl groups is 1. The normalized spacial score (nSPS) is 20.6.